The molecule has 0 saturated heterocycles. The Kier molecular flexibility index (Phi) is 4.32. The first-order chi connectivity index (χ1) is 9.49. The SMILES string of the molecule is NC(=S)c1c(F)cccc1NC(=O)c1cccc(Cl)c1. The fourth-order valence-corrected chi connectivity index (χ4v) is 2.10. The molecule has 0 unspecified atom stereocenters. The Bertz CT molecular complexity index is 691. The minimum Gasteiger partial charge on any atom is -0.389 e. The number of rotatable bonds is 3. The standard InChI is InChI=1S/C14H10ClFN2OS/c15-9-4-1-3-8(7-9)14(19)18-11-6-2-5-10(16)12(11)13(17)20/h1-7H,(H2,17,20)(H,18,19). The van der Waals surface area contributed by atoms with Crippen molar-refractivity contribution in [2.75, 3.05) is 5.32 Å². The molecule has 0 aliphatic carbocycles. The molecule has 0 aliphatic rings. The lowest BCUT2D eigenvalue weighted by molar-refractivity contribution is 0.102. The number of halogens is 2. The maximum atomic E-state index is 13.7. The first-order valence-electron chi connectivity index (χ1n) is 5.64. The molecule has 102 valence electrons. The van der Waals surface area contributed by atoms with Crippen LogP contribution in [0.25, 0.3) is 0 Å². The summed E-state index contributed by atoms with van der Waals surface area (Å²) < 4.78 is 13.7. The third-order valence-electron chi connectivity index (χ3n) is 2.60. The molecule has 0 atom stereocenters. The molecule has 0 aliphatic heterocycles. The molecule has 20 heavy (non-hydrogen) atoms. The molecule has 3 nitrogen and oxygen atoms in total. The van der Waals surface area contributed by atoms with Crippen molar-refractivity contribution in [3.8, 4) is 0 Å². The van der Waals surface area contributed by atoms with Gasteiger partial charge in [0.05, 0.1) is 11.3 Å². The minimum absolute atomic E-state index is 0.0119. The smallest absolute Gasteiger partial charge is 0.255 e. The van der Waals surface area contributed by atoms with Gasteiger partial charge in [-0.15, -0.1) is 0 Å². The van der Waals surface area contributed by atoms with Crippen molar-refractivity contribution in [2.24, 2.45) is 5.73 Å². The van der Waals surface area contributed by atoms with Gasteiger partial charge in [-0.2, -0.15) is 0 Å². The number of carbonyl (C=O) groups excluding carboxylic acids is 1. The summed E-state index contributed by atoms with van der Waals surface area (Å²) in [6.07, 6.45) is 0. The van der Waals surface area contributed by atoms with E-state index in [1.807, 2.05) is 0 Å². The van der Waals surface area contributed by atoms with Crippen LogP contribution in [0.15, 0.2) is 42.5 Å². The Morgan fingerprint density at radius 1 is 1.25 bits per heavy atom. The molecule has 6 heteroatoms. The fourth-order valence-electron chi connectivity index (χ4n) is 1.70. The van der Waals surface area contributed by atoms with Crippen molar-refractivity contribution >= 4 is 40.4 Å². The largest absolute Gasteiger partial charge is 0.389 e. The summed E-state index contributed by atoms with van der Waals surface area (Å²) in [5.41, 5.74) is 6.07. The second-order valence-corrected chi connectivity index (χ2v) is 4.87. The normalized spacial score (nSPS) is 10.1. The molecule has 0 heterocycles. The molecule has 0 radical (unpaired) electrons. The van der Waals surface area contributed by atoms with Crippen LogP contribution in [0.3, 0.4) is 0 Å². The highest BCUT2D eigenvalue weighted by Crippen LogP contribution is 2.20. The molecular formula is C14H10ClFN2OS. The molecule has 1 amide bonds. The van der Waals surface area contributed by atoms with Gasteiger partial charge in [0.25, 0.3) is 5.91 Å². The van der Waals surface area contributed by atoms with Gasteiger partial charge in [0.2, 0.25) is 0 Å². The van der Waals surface area contributed by atoms with Gasteiger partial charge in [0.1, 0.15) is 10.8 Å². The van der Waals surface area contributed by atoms with E-state index in [0.717, 1.165) is 0 Å². The highest BCUT2D eigenvalue weighted by atomic mass is 35.5. The summed E-state index contributed by atoms with van der Waals surface area (Å²) >= 11 is 10.6. The predicted octanol–water partition coefficient (Wildman–Crippen LogP) is 3.37. The Balaban J connectivity index is 2.33. The number of nitrogens with two attached hydrogens (primary N) is 1. The van der Waals surface area contributed by atoms with Crippen LogP contribution in [0.5, 0.6) is 0 Å². The van der Waals surface area contributed by atoms with Crippen LogP contribution in [0.4, 0.5) is 10.1 Å². The first-order valence-corrected chi connectivity index (χ1v) is 6.43. The van der Waals surface area contributed by atoms with E-state index in [4.69, 9.17) is 29.6 Å². The summed E-state index contributed by atoms with van der Waals surface area (Å²) in [7, 11) is 0. The minimum atomic E-state index is -0.582. The Morgan fingerprint density at radius 2 is 1.95 bits per heavy atom. The lowest BCUT2D eigenvalue weighted by Crippen LogP contribution is -2.19. The maximum absolute atomic E-state index is 13.7. The lowest BCUT2D eigenvalue weighted by atomic mass is 10.1. The van der Waals surface area contributed by atoms with Gasteiger partial charge < -0.3 is 11.1 Å². The summed E-state index contributed by atoms with van der Waals surface area (Å²) in [6.45, 7) is 0. The van der Waals surface area contributed by atoms with E-state index >= 15 is 0 Å². The number of nitrogens with one attached hydrogen (secondary N) is 1. The van der Waals surface area contributed by atoms with E-state index in [0.29, 0.717) is 10.6 Å². The Labute approximate surface area is 125 Å². The van der Waals surface area contributed by atoms with E-state index in [1.54, 1.807) is 18.2 Å². The van der Waals surface area contributed by atoms with Crippen molar-refractivity contribution in [3.63, 3.8) is 0 Å². The summed E-state index contributed by atoms with van der Waals surface area (Å²) in [5, 5.41) is 3.01. The van der Waals surface area contributed by atoms with Crippen LogP contribution in [0.1, 0.15) is 15.9 Å². The molecule has 2 aromatic carbocycles. The third-order valence-corrected chi connectivity index (χ3v) is 3.03. The summed E-state index contributed by atoms with van der Waals surface area (Å²) in [4.78, 5) is 12.0. The second kappa shape index (κ2) is 5.98. The summed E-state index contributed by atoms with van der Waals surface area (Å²) in [6, 6.07) is 10.6. The van der Waals surface area contributed by atoms with Crippen LogP contribution in [-0.4, -0.2) is 10.9 Å². The fraction of sp³-hybridized carbons (Fsp3) is 0. The van der Waals surface area contributed by atoms with Crippen molar-refractivity contribution in [2.45, 2.75) is 0 Å². The van der Waals surface area contributed by atoms with Gasteiger partial charge in [-0.25, -0.2) is 4.39 Å². The second-order valence-electron chi connectivity index (χ2n) is 3.99. The number of hydrogen-bond donors (Lipinski definition) is 2. The number of thiocarbonyl (C=S) groups is 1. The number of amides is 1. The van der Waals surface area contributed by atoms with E-state index in [9.17, 15) is 9.18 Å². The lowest BCUT2D eigenvalue weighted by Gasteiger charge is -2.11. The van der Waals surface area contributed by atoms with Gasteiger partial charge in [-0.3, -0.25) is 4.79 Å². The van der Waals surface area contributed by atoms with E-state index in [2.05, 4.69) is 5.32 Å². The van der Waals surface area contributed by atoms with Crippen LogP contribution in [0.2, 0.25) is 5.02 Å². The topological polar surface area (TPSA) is 55.1 Å². The van der Waals surface area contributed by atoms with Crippen molar-refractivity contribution in [1.29, 1.82) is 0 Å². The highest BCUT2D eigenvalue weighted by Gasteiger charge is 2.14. The van der Waals surface area contributed by atoms with Gasteiger partial charge in [0.15, 0.2) is 0 Å². The number of benzene rings is 2. The molecule has 2 rings (SSSR count). The van der Waals surface area contributed by atoms with Gasteiger partial charge >= 0.3 is 0 Å². The van der Waals surface area contributed by atoms with Crippen molar-refractivity contribution < 1.29 is 9.18 Å². The average Bonchev–Trinajstić information content (AvgIpc) is 2.38. The summed E-state index contributed by atoms with van der Waals surface area (Å²) in [5.74, 6) is -1.00. The number of anilines is 1. The zero-order valence-corrected chi connectivity index (χ0v) is 11.8. The van der Waals surface area contributed by atoms with E-state index in [1.165, 1.54) is 24.3 Å². The molecule has 0 aromatic heterocycles. The monoisotopic (exact) mass is 308 g/mol. The van der Waals surface area contributed by atoms with E-state index in [-0.39, 0.29) is 16.2 Å². The van der Waals surface area contributed by atoms with Gasteiger partial charge in [-0.1, -0.05) is 36.0 Å². The maximum Gasteiger partial charge on any atom is 0.255 e. The van der Waals surface area contributed by atoms with Gasteiger partial charge in [-0.05, 0) is 30.3 Å². The quantitative estimate of drug-likeness (QED) is 0.855. The van der Waals surface area contributed by atoms with Crippen molar-refractivity contribution in [3.05, 3.63) is 64.4 Å². The van der Waals surface area contributed by atoms with Crippen molar-refractivity contribution in [1.82, 2.24) is 0 Å². The average molecular weight is 309 g/mol. The molecule has 0 spiro atoms. The Morgan fingerprint density at radius 3 is 2.60 bits per heavy atom. The molecule has 0 bridgehead atoms. The van der Waals surface area contributed by atoms with E-state index < -0.39 is 11.7 Å². The van der Waals surface area contributed by atoms with Crippen LogP contribution >= 0.6 is 23.8 Å². The first kappa shape index (κ1) is 14.4. The number of hydrogen-bond acceptors (Lipinski definition) is 2. The molecular weight excluding hydrogens is 299 g/mol. The van der Waals surface area contributed by atoms with Crippen LogP contribution in [0, 0.1) is 5.82 Å². The molecule has 0 saturated carbocycles. The molecule has 0 fully saturated rings. The van der Waals surface area contributed by atoms with Crippen LogP contribution < -0.4 is 11.1 Å². The highest BCUT2D eigenvalue weighted by molar-refractivity contribution is 7.80. The predicted molar refractivity (Wildman–Crippen MR) is 81.7 cm³/mol. The Hall–Kier alpha value is -1.98. The van der Waals surface area contributed by atoms with Gasteiger partial charge in [0, 0.05) is 10.6 Å². The number of carbonyl (C=O) groups is 1. The zero-order valence-electron chi connectivity index (χ0n) is 10.2. The third kappa shape index (κ3) is 3.12. The zero-order chi connectivity index (χ0) is 14.7. The molecule has 2 aromatic rings. The van der Waals surface area contributed by atoms with Crippen LogP contribution in [-0.2, 0) is 0 Å². The molecule has 3 N–H and O–H groups in total.